The van der Waals surface area contributed by atoms with Crippen molar-refractivity contribution in [2.75, 3.05) is 32.7 Å². The number of hydrogen-bond donors (Lipinski definition) is 2. The van der Waals surface area contributed by atoms with Crippen LogP contribution in [-0.4, -0.2) is 49.5 Å². The molecule has 0 bridgehead atoms. The van der Waals surface area contributed by atoms with Gasteiger partial charge in [0.15, 0.2) is 0 Å². The third kappa shape index (κ3) is 3.55. The highest BCUT2D eigenvalue weighted by molar-refractivity contribution is 5.84. The van der Waals surface area contributed by atoms with Crippen LogP contribution in [0.3, 0.4) is 0 Å². The molecule has 4 nitrogen and oxygen atoms in total. The Morgan fingerprint density at radius 2 is 2.11 bits per heavy atom. The van der Waals surface area contributed by atoms with Crippen molar-refractivity contribution >= 4 is 5.84 Å². The molecule has 2 heterocycles. The van der Waals surface area contributed by atoms with Crippen LogP contribution in [0.15, 0.2) is 35.3 Å². The second-order valence-corrected chi connectivity index (χ2v) is 5.33. The van der Waals surface area contributed by atoms with Crippen LogP contribution >= 0.6 is 0 Å². The second-order valence-electron chi connectivity index (χ2n) is 5.33. The van der Waals surface area contributed by atoms with Gasteiger partial charge in [-0.3, -0.25) is 9.89 Å². The third-order valence-corrected chi connectivity index (χ3v) is 3.77. The molecule has 1 aromatic carbocycles. The summed E-state index contributed by atoms with van der Waals surface area (Å²) in [5, 5.41) is 6.96. The minimum atomic E-state index is 0.529. The maximum atomic E-state index is 4.49. The van der Waals surface area contributed by atoms with Gasteiger partial charge in [-0.2, -0.15) is 0 Å². The molecular weight excluding hydrogens is 236 g/mol. The van der Waals surface area contributed by atoms with Gasteiger partial charge in [0, 0.05) is 45.2 Å². The van der Waals surface area contributed by atoms with Crippen LogP contribution in [0.1, 0.15) is 12.0 Å². The van der Waals surface area contributed by atoms with Gasteiger partial charge < -0.3 is 10.6 Å². The van der Waals surface area contributed by atoms with Gasteiger partial charge in [-0.05, 0) is 5.56 Å². The highest BCUT2D eigenvalue weighted by Gasteiger charge is 2.21. The van der Waals surface area contributed by atoms with E-state index < -0.39 is 0 Å². The fraction of sp³-hybridized carbons (Fsp3) is 0.533. The summed E-state index contributed by atoms with van der Waals surface area (Å²) >= 11 is 0. The fourth-order valence-corrected chi connectivity index (χ4v) is 2.83. The predicted octanol–water partition coefficient (Wildman–Crippen LogP) is 0.852. The number of hydrogen-bond acceptors (Lipinski definition) is 4. The van der Waals surface area contributed by atoms with Gasteiger partial charge in [0.25, 0.3) is 0 Å². The number of aliphatic imine (C=N–C) groups is 1. The van der Waals surface area contributed by atoms with Crippen LogP contribution in [-0.2, 0) is 6.54 Å². The summed E-state index contributed by atoms with van der Waals surface area (Å²) in [6.07, 6.45) is 1.03. The molecule has 2 aliphatic heterocycles. The molecule has 1 aromatic rings. The van der Waals surface area contributed by atoms with Crippen LogP contribution in [0.2, 0.25) is 0 Å². The zero-order chi connectivity index (χ0) is 12.9. The number of rotatable bonds is 4. The first-order chi connectivity index (χ1) is 9.40. The summed E-state index contributed by atoms with van der Waals surface area (Å²) < 4.78 is 0. The van der Waals surface area contributed by atoms with Crippen LogP contribution in [0.5, 0.6) is 0 Å². The summed E-state index contributed by atoms with van der Waals surface area (Å²) in [4.78, 5) is 7.02. The van der Waals surface area contributed by atoms with Gasteiger partial charge in [0.2, 0.25) is 0 Å². The summed E-state index contributed by atoms with van der Waals surface area (Å²) in [6, 6.07) is 11.3. The van der Waals surface area contributed by atoms with Crippen molar-refractivity contribution in [2.45, 2.75) is 19.0 Å². The highest BCUT2D eigenvalue weighted by atomic mass is 15.2. The standard InChI is InChI=1S/C15H22N4/c1-2-4-13(5-3-1)11-19-9-8-16-14(12-19)10-15-17-6-7-18-15/h1-5,14,16H,6-12H2,(H,17,18). The molecule has 102 valence electrons. The van der Waals surface area contributed by atoms with E-state index in [9.17, 15) is 0 Å². The van der Waals surface area contributed by atoms with Gasteiger partial charge in [0.05, 0.1) is 12.4 Å². The van der Waals surface area contributed by atoms with Crippen molar-refractivity contribution in [3.05, 3.63) is 35.9 Å². The Morgan fingerprint density at radius 1 is 1.21 bits per heavy atom. The second kappa shape index (κ2) is 6.17. The molecule has 19 heavy (non-hydrogen) atoms. The molecule has 1 saturated heterocycles. The topological polar surface area (TPSA) is 39.7 Å². The van der Waals surface area contributed by atoms with Crippen molar-refractivity contribution in [3.8, 4) is 0 Å². The summed E-state index contributed by atoms with van der Waals surface area (Å²) in [5.74, 6) is 1.18. The van der Waals surface area contributed by atoms with Crippen molar-refractivity contribution < 1.29 is 0 Å². The van der Waals surface area contributed by atoms with E-state index in [0.29, 0.717) is 6.04 Å². The minimum absolute atomic E-state index is 0.529. The Balaban J connectivity index is 1.53. The van der Waals surface area contributed by atoms with E-state index in [1.165, 1.54) is 11.4 Å². The van der Waals surface area contributed by atoms with Gasteiger partial charge in [-0.15, -0.1) is 0 Å². The van der Waals surface area contributed by atoms with Crippen molar-refractivity contribution in [1.29, 1.82) is 0 Å². The number of nitrogens with zero attached hydrogens (tertiary/aromatic N) is 2. The largest absolute Gasteiger partial charge is 0.372 e. The lowest BCUT2D eigenvalue weighted by Crippen LogP contribution is -2.51. The molecule has 0 amide bonds. The van der Waals surface area contributed by atoms with E-state index in [-0.39, 0.29) is 0 Å². The van der Waals surface area contributed by atoms with Gasteiger partial charge >= 0.3 is 0 Å². The van der Waals surface area contributed by atoms with E-state index in [2.05, 4.69) is 50.9 Å². The molecule has 2 N–H and O–H groups in total. The monoisotopic (exact) mass is 258 g/mol. The Labute approximate surface area is 114 Å². The molecule has 0 saturated carbocycles. The van der Waals surface area contributed by atoms with Crippen LogP contribution in [0, 0.1) is 0 Å². The lowest BCUT2D eigenvalue weighted by Gasteiger charge is -2.33. The molecule has 1 fully saturated rings. The third-order valence-electron chi connectivity index (χ3n) is 3.77. The maximum absolute atomic E-state index is 4.49. The normalized spacial score (nSPS) is 24.0. The minimum Gasteiger partial charge on any atom is -0.372 e. The van der Waals surface area contributed by atoms with E-state index in [0.717, 1.165) is 45.7 Å². The average Bonchev–Trinajstić information content (AvgIpc) is 2.93. The quantitative estimate of drug-likeness (QED) is 0.841. The lowest BCUT2D eigenvalue weighted by molar-refractivity contribution is 0.194. The smallest absolute Gasteiger partial charge is 0.0980 e. The molecule has 0 radical (unpaired) electrons. The van der Waals surface area contributed by atoms with Gasteiger partial charge in [-0.25, -0.2) is 0 Å². The zero-order valence-corrected chi connectivity index (χ0v) is 11.3. The number of piperazine rings is 1. The zero-order valence-electron chi connectivity index (χ0n) is 11.3. The molecule has 0 aromatic heterocycles. The van der Waals surface area contributed by atoms with E-state index in [1.807, 2.05) is 0 Å². The number of benzene rings is 1. The first-order valence-electron chi connectivity index (χ1n) is 7.17. The van der Waals surface area contributed by atoms with E-state index >= 15 is 0 Å². The average molecular weight is 258 g/mol. The van der Waals surface area contributed by atoms with Crippen LogP contribution in [0.4, 0.5) is 0 Å². The first kappa shape index (κ1) is 12.6. The van der Waals surface area contributed by atoms with E-state index in [1.54, 1.807) is 0 Å². The van der Waals surface area contributed by atoms with Crippen molar-refractivity contribution in [1.82, 2.24) is 15.5 Å². The summed E-state index contributed by atoms with van der Waals surface area (Å²) in [5.41, 5.74) is 1.40. The Hall–Kier alpha value is -1.39. The SMILES string of the molecule is c1ccc(CN2CCNC(CC3=NCCN3)C2)cc1. The molecule has 1 unspecified atom stereocenters. The summed E-state index contributed by atoms with van der Waals surface area (Å²) in [7, 11) is 0. The lowest BCUT2D eigenvalue weighted by atomic mass is 10.1. The Bertz CT molecular complexity index is 429. The fourth-order valence-electron chi connectivity index (χ4n) is 2.83. The van der Waals surface area contributed by atoms with Crippen molar-refractivity contribution in [2.24, 2.45) is 4.99 Å². The Kier molecular flexibility index (Phi) is 4.10. The maximum Gasteiger partial charge on any atom is 0.0980 e. The number of nitrogens with one attached hydrogen (secondary N) is 2. The van der Waals surface area contributed by atoms with Crippen LogP contribution in [0.25, 0.3) is 0 Å². The molecular formula is C15H22N4. The highest BCUT2D eigenvalue weighted by Crippen LogP contribution is 2.09. The number of amidine groups is 1. The molecule has 2 aliphatic rings. The molecule has 4 heteroatoms. The summed E-state index contributed by atoms with van der Waals surface area (Å²) in [6.45, 7) is 6.32. The van der Waals surface area contributed by atoms with Gasteiger partial charge in [0.1, 0.15) is 0 Å². The van der Waals surface area contributed by atoms with Gasteiger partial charge in [-0.1, -0.05) is 30.3 Å². The first-order valence-corrected chi connectivity index (χ1v) is 7.17. The Morgan fingerprint density at radius 3 is 2.89 bits per heavy atom. The molecule has 0 spiro atoms. The molecule has 0 aliphatic carbocycles. The van der Waals surface area contributed by atoms with Crippen LogP contribution < -0.4 is 10.6 Å². The molecule has 1 atom stereocenters. The van der Waals surface area contributed by atoms with Crippen molar-refractivity contribution in [3.63, 3.8) is 0 Å². The molecule has 3 rings (SSSR count). The van der Waals surface area contributed by atoms with E-state index in [4.69, 9.17) is 0 Å². The predicted molar refractivity (Wildman–Crippen MR) is 78.4 cm³/mol.